The quantitative estimate of drug-likeness (QED) is 0.489. The Bertz CT molecular complexity index is 546. The number of nitrogens with zero attached hydrogens (tertiary/aromatic N) is 1. The van der Waals surface area contributed by atoms with Crippen molar-refractivity contribution in [3.8, 4) is 0 Å². The Hall–Kier alpha value is -1.10. The summed E-state index contributed by atoms with van der Waals surface area (Å²) in [6.07, 6.45) is 18.1. The van der Waals surface area contributed by atoms with Crippen LogP contribution in [0.25, 0.3) is 0 Å². The van der Waals surface area contributed by atoms with Gasteiger partial charge in [-0.05, 0) is 50.4 Å². The Labute approximate surface area is 177 Å². The van der Waals surface area contributed by atoms with Gasteiger partial charge in [0.1, 0.15) is 5.54 Å². The second-order valence-corrected chi connectivity index (χ2v) is 9.90. The lowest BCUT2D eigenvalue weighted by Crippen LogP contribution is -2.49. The summed E-state index contributed by atoms with van der Waals surface area (Å²) < 4.78 is 6.18. The lowest BCUT2D eigenvalue weighted by molar-refractivity contribution is -0.131. The van der Waals surface area contributed by atoms with Crippen LogP contribution in [0, 0.1) is 17.2 Å². The van der Waals surface area contributed by atoms with E-state index in [1.54, 1.807) is 7.05 Å². The zero-order valence-electron chi connectivity index (χ0n) is 18.8. The number of hydrogen-bond donors (Lipinski definition) is 2. The molecule has 5 heteroatoms. The van der Waals surface area contributed by atoms with Crippen LogP contribution >= 0.6 is 0 Å². The molecule has 166 valence electrons. The van der Waals surface area contributed by atoms with Crippen molar-refractivity contribution in [2.24, 2.45) is 11.8 Å². The first kappa shape index (κ1) is 22.6. The van der Waals surface area contributed by atoms with Crippen LogP contribution in [0.15, 0.2) is 0 Å². The lowest BCUT2D eigenvalue weighted by atomic mass is 9.74. The van der Waals surface area contributed by atoms with Gasteiger partial charge >= 0.3 is 0 Å². The molecule has 2 N–H and O–H groups in total. The molecule has 3 atom stereocenters. The fourth-order valence-electron chi connectivity index (χ4n) is 5.80. The largest absolute Gasteiger partial charge is 0.378 e. The molecule has 2 aliphatic carbocycles. The minimum Gasteiger partial charge on any atom is -0.378 e. The third kappa shape index (κ3) is 5.96. The second kappa shape index (κ2) is 10.8. The molecule has 1 amide bonds. The average Bonchev–Trinajstić information content (AvgIpc) is 2.95. The fourth-order valence-corrected chi connectivity index (χ4v) is 5.80. The Morgan fingerprint density at radius 1 is 1.10 bits per heavy atom. The molecule has 1 saturated heterocycles. The molecule has 1 heterocycles. The average molecular weight is 406 g/mol. The minimum atomic E-state index is -0.557. The number of rotatable bonds is 10. The molecular weight excluding hydrogens is 362 g/mol. The van der Waals surface area contributed by atoms with E-state index in [4.69, 9.17) is 10.1 Å². The highest BCUT2D eigenvalue weighted by molar-refractivity contribution is 6.07. The van der Waals surface area contributed by atoms with Crippen molar-refractivity contribution in [1.82, 2.24) is 10.2 Å². The summed E-state index contributed by atoms with van der Waals surface area (Å²) in [6.45, 7) is 3.10. The maximum absolute atomic E-state index is 13.2. The van der Waals surface area contributed by atoms with Crippen LogP contribution in [0.3, 0.4) is 0 Å². The van der Waals surface area contributed by atoms with E-state index >= 15 is 0 Å². The Kier molecular flexibility index (Phi) is 8.40. The molecule has 0 aromatic heterocycles. The Balaban J connectivity index is 1.59. The number of nitrogens with one attached hydrogen (secondary N) is 2. The second-order valence-electron chi connectivity index (χ2n) is 9.90. The van der Waals surface area contributed by atoms with Gasteiger partial charge in [-0.15, -0.1) is 0 Å². The Morgan fingerprint density at radius 3 is 2.55 bits per heavy atom. The predicted octanol–water partition coefficient (Wildman–Crippen LogP) is 5.24. The molecule has 0 aromatic rings. The van der Waals surface area contributed by atoms with Gasteiger partial charge in [-0.2, -0.15) is 0 Å². The summed E-state index contributed by atoms with van der Waals surface area (Å²) in [6, 6.07) is 0. The normalized spacial score (nSPS) is 31.3. The van der Waals surface area contributed by atoms with Crippen LogP contribution in [0.1, 0.15) is 103 Å². The Morgan fingerprint density at radius 2 is 1.86 bits per heavy atom. The third-order valence-electron chi connectivity index (χ3n) is 7.58. The van der Waals surface area contributed by atoms with Crippen molar-refractivity contribution in [3.05, 3.63) is 0 Å². The first-order valence-electron chi connectivity index (χ1n) is 12.3. The highest BCUT2D eigenvalue weighted by Crippen LogP contribution is 2.38. The summed E-state index contributed by atoms with van der Waals surface area (Å²) in [5.41, 5.74) is -0.557. The van der Waals surface area contributed by atoms with Crippen LogP contribution in [0.2, 0.25) is 0 Å². The highest BCUT2D eigenvalue weighted by Gasteiger charge is 2.49. The molecule has 3 fully saturated rings. The molecule has 1 aliphatic heterocycles. The van der Waals surface area contributed by atoms with E-state index in [0.29, 0.717) is 12.0 Å². The van der Waals surface area contributed by atoms with Crippen molar-refractivity contribution < 1.29 is 9.53 Å². The molecule has 0 aromatic carbocycles. The SMILES string of the molecule is CCCCCO[C@@H]1CCC[C@@H](C[C@@]2(CCC3CCCCC3)NC(=N)N(C)C2=O)C1. The molecule has 0 spiro atoms. The maximum atomic E-state index is 13.2. The number of guanidine groups is 1. The van der Waals surface area contributed by atoms with Gasteiger partial charge < -0.3 is 10.1 Å². The van der Waals surface area contributed by atoms with Gasteiger partial charge in [0.15, 0.2) is 5.96 Å². The van der Waals surface area contributed by atoms with Crippen LogP contribution in [-0.2, 0) is 9.53 Å². The smallest absolute Gasteiger partial charge is 0.254 e. The van der Waals surface area contributed by atoms with Crippen LogP contribution in [0.5, 0.6) is 0 Å². The van der Waals surface area contributed by atoms with Gasteiger partial charge in [-0.3, -0.25) is 15.1 Å². The van der Waals surface area contributed by atoms with Crippen LogP contribution in [0.4, 0.5) is 0 Å². The van der Waals surface area contributed by atoms with E-state index in [9.17, 15) is 4.79 Å². The van der Waals surface area contributed by atoms with Crippen LogP contribution in [-0.4, -0.2) is 42.1 Å². The zero-order chi connectivity index (χ0) is 20.7. The summed E-state index contributed by atoms with van der Waals surface area (Å²) in [5, 5.41) is 11.6. The number of ether oxygens (including phenoxy) is 1. The number of carbonyl (C=O) groups is 1. The van der Waals surface area contributed by atoms with Gasteiger partial charge in [0.2, 0.25) is 0 Å². The molecule has 3 rings (SSSR count). The number of unbranched alkanes of at least 4 members (excludes halogenated alkanes) is 2. The van der Waals surface area contributed by atoms with E-state index in [0.717, 1.165) is 51.0 Å². The highest BCUT2D eigenvalue weighted by atomic mass is 16.5. The molecule has 0 radical (unpaired) electrons. The van der Waals surface area contributed by atoms with E-state index in [2.05, 4.69) is 12.2 Å². The summed E-state index contributed by atoms with van der Waals surface area (Å²) in [7, 11) is 1.75. The van der Waals surface area contributed by atoms with Crippen molar-refractivity contribution in [2.75, 3.05) is 13.7 Å². The van der Waals surface area contributed by atoms with Crippen LogP contribution < -0.4 is 5.32 Å². The van der Waals surface area contributed by atoms with E-state index in [1.165, 1.54) is 62.7 Å². The van der Waals surface area contributed by atoms with Gasteiger partial charge in [-0.25, -0.2) is 0 Å². The number of amides is 1. The first-order valence-corrected chi connectivity index (χ1v) is 12.3. The van der Waals surface area contributed by atoms with Crippen molar-refractivity contribution in [1.29, 1.82) is 5.41 Å². The van der Waals surface area contributed by atoms with Crippen molar-refractivity contribution in [3.63, 3.8) is 0 Å². The maximum Gasteiger partial charge on any atom is 0.254 e. The van der Waals surface area contributed by atoms with Gasteiger partial charge in [-0.1, -0.05) is 64.7 Å². The minimum absolute atomic E-state index is 0.115. The standard InChI is InChI=1S/C24H43N3O2/c1-3-4-8-16-29-21-13-9-12-20(17-21)18-24(22(28)27(2)23(25)26-24)15-14-19-10-6-5-7-11-19/h19-21H,3-18H2,1-2H3,(H2,25,26)/t20-,21-,24-/m1/s1. The monoisotopic (exact) mass is 405 g/mol. The summed E-state index contributed by atoms with van der Waals surface area (Å²) >= 11 is 0. The topological polar surface area (TPSA) is 65.4 Å². The molecule has 5 nitrogen and oxygen atoms in total. The summed E-state index contributed by atoms with van der Waals surface area (Å²) in [5.74, 6) is 1.67. The molecule has 29 heavy (non-hydrogen) atoms. The molecule has 0 unspecified atom stereocenters. The molecular formula is C24H43N3O2. The number of likely N-dealkylation sites (N-methyl/N-ethyl adjacent to an activating group) is 1. The zero-order valence-corrected chi connectivity index (χ0v) is 18.8. The molecule has 2 saturated carbocycles. The number of hydrogen-bond acceptors (Lipinski definition) is 3. The third-order valence-corrected chi connectivity index (χ3v) is 7.58. The number of carbonyl (C=O) groups excluding carboxylic acids is 1. The summed E-state index contributed by atoms with van der Waals surface area (Å²) in [4.78, 5) is 14.7. The predicted molar refractivity (Wildman–Crippen MR) is 118 cm³/mol. The first-order chi connectivity index (χ1) is 14.0. The van der Waals surface area contributed by atoms with Crippen molar-refractivity contribution in [2.45, 2.75) is 115 Å². The van der Waals surface area contributed by atoms with E-state index in [-0.39, 0.29) is 11.9 Å². The molecule has 0 bridgehead atoms. The molecule has 3 aliphatic rings. The van der Waals surface area contributed by atoms with Gasteiger partial charge in [0.05, 0.1) is 6.10 Å². The van der Waals surface area contributed by atoms with E-state index < -0.39 is 5.54 Å². The fraction of sp³-hybridized carbons (Fsp3) is 0.917. The van der Waals surface area contributed by atoms with E-state index in [1.807, 2.05) is 0 Å². The van der Waals surface area contributed by atoms with Gasteiger partial charge in [0.25, 0.3) is 5.91 Å². The van der Waals surface area contributed by atoms with Gasteiger partial charge in [0, 0.05) is 13.7 Å². The lowest BCUT2D eigenvalue weighted by Gasteiger charge is -2.36. The van der Waals surface area contributed by atoms with Crippen molar-refractivity contribution >= 4 is 11.9 Å².